The van der Waals surface area contributed by atoms with E-state index in [1.54, 1.807) is 42.5 Å². The van der Waals surface area contributed by atoms with E-state index in [9.17, 15) is 14.0 Å². The summed E-state index contributed by atoms with van der Waals surface area (Å²) in [6.45, 7) is 0.273. The number of ether oxygens (including phenoxy) is 2. The second-order valence-electron chi connectivity index (χ2n) is 6.43. The van der Waals surface area contributed by atoms with E-state index < -0.39 is 0 Å². The Kier molecular flexibility index (Phi) is 5.11. The van der Waals surface area contributed by atoms with Crippen molar-refractivity contribution in [2.75, 3.05) is 11.9 Å². The average Bonchev–Trinajstić information content (AvgIpc) is 2.74. The molecule has 2 N–H and O–H groups in total. The molecular weight excluding hydrogens is 375 g/mol. The highest BCUT2D eigenvalue weighted by molar-refractivity contribution is 5.98. The smallest absolute Gasteiger partial charge is 0.262 e. The summed E-state index contributed by atoms with van der Waals surface area (Å²) in [5.41, 5.74) is 1.89. The Morgan fingerprint density at radius 1 is 1.03 bits per heavy atom. The maximum Gasteiger partial charge on any atom is 0.262 e. The minimum atomic E-state index is -0.321. The average molecular weight is 392 g/mol. The maximum atomic E-state index is 12.9. The summed E-state index contributed by atoms with van der Waals surface area (Å²) in [6, 6.07) is 17.9. The molecule has 0 atom stereocenters. The Morgan fingerprint density at radius 2 is 1.72 bits per heavy atom. The van der Waals surface area contributed by atoms with Crippen LogP contribution in [0, 0.1) is 5.82 Å². The van der Waals surface area contributed by atoms with Crippen LogP contribution in [0.4, 0.5) is 10.1 Å². The van der Waals surface area contributed by atoms with Crippen molar-refractivity contribution in [2.24, 2.45) is 0 Å². The van der Waals surface area contributed by atoms with E-state index in [0.717, 1.165) is 5.56 Å². The van der Waals surface area contributed by atoms with Gasteiger partial charge >= 0.3 is 0 Å². The molecular formula is C22H17FN2O4. The topological polar surface area (TPSA) is 76.7 Å². The van der Waals surface area contributed by atoms with Gasteiger partial charge in [-0.2, -0.15) is 0 Å². The normalized spacial score (nSPS) is 12.4. The SMILES string of the molecule is O=C1COc2cc(C(=O)NCc3ccc(Oc4ccc(F)cc4)cc3)ccc2N1. The summed E-state index contributed by atoms with van der Waals surface area (Å²) in [5.74, 6) is 0.832. The van der Waals surface area contributed by atoms with Gasteiger partial charge in [0.1, 0.15) is 23.1 Å². The Hall–Kier alpha value is -3.87. The Morgan fingerprint density at radius 3 is 2.45 bits per heavy atom. The van der Waals surface area contributed by atoms with Crippen molar-refractivity contribution in [3.63, 3.8) is 0 Å². The van der Waals surface area contributed by atoms with E-state index >= 15 is 0 Å². The maximum absolute atomic E-state index is 12.9. The Labute approximate surface area is 166 Å². The number of hydrogen-bond donors (Lipinski definition) is 2. The molecule has 1 heterocycles. The fraction of sp³-hybridized carbons (Fsp3) is 0.0909. The minimum Gasteiger partial charge on any atom is -0.482 e. The monoisotopic (exact) mass is 392 g/mol. The number of nitrogens with one attached hydrogen (secondary N) is 2. The van der Waals surface area contributed by atoms with Crippen molar-refractivity contribution < 1.29 is 23.5 Å². The van der Waals surface area contributed by atoms with Gasteiger partial charge in [-0.25, -0.2) is 4.39 Å². The molecule has 0 saturated heterocycles. The Balaban J connectivity index is 1.34. The summed E-state index contributed by atoms with van der Waals surface area (Å²) in [7, 11) is 0. The van der Waals surface area contributed by atoms with Gasteiger partial charge in [-0.1, -0.05) is 12.1 Å². The lowest BCUT2D eigenvalue weighted by molar-refractivity contribution is -0.118. The number of anilines is 1. The molecule has 0 fully saturated rings. The number of hydrogen-bond acceptors (Lipinski definition) is 4. The van der Waals surface area contributed by atoms with Crippen molar-refractivity contribution in [2.45, 2.75) is 6.54 Å². The van der Waals surface area contributed by atoms with E-state index in [4.69, 9.17) is 9.47 Å². The first-order valence-electron chi connectivity index (χ1n) is 8.94. The molecule has 3 aromatic rings. The number of fused-ring (bicyclic) bond motifs is 1. The van der Waals surface area contributed by atoms with E-state index in [1.807, 2.05) is 12.1 Å². The number of halogens is 1. The van der Waals surface area contributed by atoms with Gasteiger partial charge in [0, 0.05) is 12.1 Å². The van der Waals surface area contributed by atoms with Crippen LogP contribution in [0.5, 0.6) is 17.2 Å². The fourth-order valence-corrected chi connectivity index (χ4v) is 2.81. The second kappa shape index (κ2) is 8.02. The van der Waals surface area contributed by atoms with Gasteiger partial charge in [-0.05, 0) is 60.2 Å². The van der Waals surface area contributed by atoms with E-state index in [-0.39, 0.29) is 24.2 Å². The molecule has 3 aromatic carbocycles. The highest BCUT2D eigenvalue weighted by Gasteiger charge is 2.17. The first-order valence-corrected chi connectivity index (χ1v) is 8.94. The number of rotatable bonds is 5. The van der Waals surface area contributed by atoms with Crippen LogP contribution in [-0.4, -0.2) is 18.4 Å². The molecule has 1 aliphatic rings. The number of carbonyl (C=O) groups excluding carboxylic acids is 2. The molecule has 0 aliphatic carbocycles. The molecule has 0 spiro atoms. The quantitative estimate of drug-likeness (QED) is 0.691. The lowest BCUT2D eigenvalue weighted by Crippen LogP contribution is -2.26. The van der Waals surface area contributed by atoms with Crippen LogP contribution in [0.3, 0.4) is 0 Å². The standard InChI is InChI=1S/C22H17FN2O4/c23-16-4-8-18(9-5-16)29-17-6-1-14(2-7-17)12-24-22(27)15-3-10-19-20(11-15)28-13-21(26)25-19/h1-11H,12-13H2,(H,24,27)(H,25,26). The van der Waals surface area contributed by atoms with Crippen LogP contribution in [0.25, 0.3) is 0 Å². The molecule has 29 heavy (non-hydrogen) atoms. The third-order valence-electron chi connectivity index (χ3n) is 4.30. The fourth-order valence-electron chi connectivity index (χ4n) is 2.81. The second-order valence-corrected chi connectivity index (χ2v) is 6.43. The van der Waals surface area contributed by atoms with Gasteiger partial charge in [-0.15, -0.1) is 0 Å². The van der Waals surface area contributed by atoms with Crippen LogP contribution in [-0.2, 0) is 11.3 Å². The highest BCUT2D eigenvalue weighted by Crippen LogP contribution is 2.28. The summed E-state index contributed by atoms with van der Waals surface area (Å²) >= 11 is 0. The van der Waals surface area contributed by atoms with E-state index in [2.05, 4.69) is 10.6 Å². The summed E-state index contributed by atoms with van der Waals surface area (Å²) < 4.78 is 23.9. The lowest BCUT2D eigenvalue weighted by Gasteiger charge is -2.18. The summed E-state index contributed by atoms with van der Waals surface area (Å²) in [5, 5.41) is 5.53. The minimum absolute atomic E-state index is 0.0651. The van der Waals surface area contributed by atoms with Gasteiger partial charge in [-0.3, -0.25) is 9.59 Å². The van der Waals surface area contributed by atoms with E-state index in [1.165, 1.54) is 12.1 Å². The van der Waals surface area contributed by atoms with Crippen molar-refractivity contribution in [1.82, 2.24) is 5.32 Å². The molecule has 0 saturated carbocycles. The molecule has 4 rings (SSSR count). The van der Waals surface area contributed by atoms with Crippen LogP contribution >= 0.6 is 0 Å². The molecule has 2 amide bonds. The number of carbonyl (C=O) groups is 2. The van der Waals surface area contributed by atoms with Crippen LogP contribution in [0.2, 0.25) is 0 Å². The van der Waals surface area contributed by atoms with Crippen LogP contribution in [0.15, 0.2) is 66.7 Å². The van der Waals surface area contributed by atoms with Gasteiger partial charge in [0.15, 0.2) is 6.61 Å². The molecule has 0 aromatic heterocycles. The van der Waals surface area contributed by atoms with Gasteiger partial charge < -0.3 is 20.1 Å². The van der Waals surface area contributed by atoms with Crippen molar-refractivity contribution >= 4 is 17.5 Å². The van der Waals surface area contributed by atoms with Crippen LogP contribution in [0.1, 0.15) is 15.9 Å². The molecule has 7 heteroatoms. The van der Waals surface area contributed by atoms with Crippen molar-refractivity contribution in [3.05, 3.63) is 83.7 Å². The number of benzene rings is 3. The molecule has 6 nitrogen and oxygen atoms in total. The Bertz CT molecular complexity index is 1050. The zero-order valence-electron chi connectivity index (χ0n) is 15.3. The predicted octanol–water partition coefficient (Wildman–Crippen LogP) is 3.88. The van der Waals surface area contributed by atoms with Crippen LogP contribution < -0.4 is 20.1 Å². The lowest BCUT2D eigenvalue weighted by atomic mass is 10.1. The number of amides is 2. The third kappa shape index (κ3) is 4.52. The van der Waals surface area contributed by atoms with Gasteiger partial charge in [0.2, 0.25) is 0 Å². The molecule has 1 aliphatic heterocycles. The highest BCUT2D eigenvalue weighted by atomic mass is 19.1. The molecule has 0 radical (unpaired) electrons. The largest absolute Gasteiger partial charge is 0.482 e. The summed E-state index contributed by atoms with van der Waals surface area (Å²) in [6.07, 6.45) is 0. The van der Waals surface area contributed by atoms with Crippen molar-refractivity contribution in [1.29, 1.82) is 0 Å². The van der Waals surface area contributed by atoms with Crippen molar-refractivity contribution in [3.8, 4) is 17.2 Å². The molecule has 0 bridgehead atoms. The zero-order chi connectivity index (χ0) is 20.2. The third-order valence-corrected chi connectivity index (χ3v) is 4.30. The predicted molar refractivity (Wildman–Crippen MR) is 105 cm³/mol. The first-order chi connectivity index (χ1) is 14.1. The van der Waals surface area contributed by atoms with Gasteiger partial charge in [0.25, 0.3) is 11.8 Å². The molecule has 0 unspecified atom stereocenters. The van der Waals surface area contributed by atoms with E-state index in [0.29, 0.717) is 35.0 Å². The summed E-state index contributed by atoms with van der Waals surface area (Å²) in [4.78, 5) is 23.7. The zero-order valence-corrected chi connectivity index (χ0v) is 15.3. The molecule has 146 valence electrons. The van der Waals surface area contributed by atoms with Gasteiger partial charge in [0.05, 0.1) is 5.69 Å². The first kappa shape index (κ1) is 18.5.